The van der Waals surface area contributed by atoms with Gasteiger partial charge in [-0.15, -0.1) is 0 Å². The van der Waals surface area contributed by atoms with Crippen molar-refractivity contribution in [3.63, 3.8) is 0 Å². The van der Waals surface area contributed by atoms with Crippen LogP contribution in [0.1, 0.15) is 26.2 Å². The third-order valence-corrected chi connectivity index (χ3v) is 1.80. The topological polar surface area (TPSA) is 17.1 Å². The fraction of sp³-hybridized carbons (Fsp3) is 0.714. The first-order valence-electron chi connectivity index (χ1n) is 3.07. The molecule has 1 atom stereocenters. The standard InChI is InChI=1S/C7H11O/c1-7(6-8)4-2-3-5-7/h4,6H,2-3,5H2,1H3. The summed E-state index contributed by atoms with van der Waals surface area (Å²) in [6, 6.07) is 0. The first-order chi connectivity index (χ1) is 3.77. The molecule has 0 amide bonds. The van der Waals surface area contributed by atoms with Crippen LogP contribution in [0.4, 0.5) is 0 Å². The molecule has 45 valence electrons. The molecule has 0 aromatic rings. The molecule has 1 aliphatic carbocycles. The Labute approximate surface area is 50.1 Å². The molecule has 0 bridgehead atoms. The summed E-state index contributed by atoms with van der Waals surface area (Å²) in [5, 5.41) is 0. The van der Waals surface area contributed by atoms with Crippen LogP contribution in [-0.4, -0.2) is 6.29 Å². The molecule has 1 nitrogen and oxygen atoms in total. The largest absolute Gasteiger partial charge is 0.303 e. The number of hydrogen-bond acceptors (Lipinski definition) is 1. The summed E-state index contributed by atoms with van der Waals surface area (Å²) >= 11 is 0. The van der Waals surface area contributed by atoms with Crippen LogP contribution in [-0.2, 0) is 4.79 Å². The molecule has 0 heterocycles. The number of aldehydes is 1. The SMILES string of the molecule is CC1(C=O)[CH]CCC1. The van der Waals surface area contributed by atoms with Crippen LogP contribution in [0.2, 0.25) is 0 Å². The summed E-state index contributed by atoms with van der Waals surface area (Å²) in [4.78, 5) is 10.3. The average Bonchev–Trinajstić information content (AvgIpc) is 2.17. The van der Waals surface area contributed by atoms with E-state index in [9.17, 15) is 4.79 Å². The van der Waals surface area contributed by atoms with Crippen LogP contribution in [0.25, 0.3) is 0 Å². The Bertz CT molecular complexity index is 90.6. The van der Waals surface area contributed by atoms with E-state index in [0.717, 1.165) is 19.1 Å². The molecule has 1 unspecified atom stereocenters. The lowest BCUT2D eigenvalue weighted by atomic mass is 9.91. The highest BCUT2D eigenvalue weighted by Gasteiger charge is 2.27. The van der Waals surface area contributed by atoms with Gasteiger partial charge in [-0.05, 0) is 19.3 Å². The van der Waals surface area contributed by atoms with Gasteiger partial charge in [-0.2, -0.15) is 0 Å². The highest BCUT2D eigenvalue weighted by molar-refractivity contribution is 5.61. The van der Waals surface area contributed by atoms with Gasteiger partial charge in [-0.3, -0.25) is 0 Å². The third-order valence-electron chi connectivity index (χ3n) is 1.80. The van der Waals surface area contributed by atoms with Crippen molar-refractivity contribution in [2.24, 2.45) is 5.41 Å². The Morgan fingerprint density at radius 3 is 2.75 bits per heavy atom. The van der Waals surface area contributed by atoms with Crippen molar-refractivity contribution < 1.29 is 4.79 Å². The molecule has 0 aliphatic heterocycles. The van der Waals surface area contributed by atoms with E-state index in [4.69, 9.17) is 0 Å². The maximum atomic E-state index is 10.3. The van der Waals surface area contributed by atoms with Gasteiger partial charge < -0.3 is 4.79 Å². The van der Waals surface area contributed by atoms with E-state index in [-0.39, 0.29) is 5.41 Å². The molecule has 0 spiro atoms. The minimum absolute atomic E-state index is 0.0694. The van der Waals surface area contributed by atoms with Gasteiger partial charge in [-0.25, -0.2) is 0 Å². The molecule has 1 radical (unpaired) electrons. The lowest BCUT2D eigenvalue weighted by Crippen LogP contribution is -2.11. The zero-order valence-corrected chi connectivity index (χ0v) is 5.18. The maximum absolute atomic E-state index is 10.3. The molecule has 8 heavy (non-hydrogen) atoms. The van der Waals surface area contributed by atoms with Gasteiger partial charge in [0.25, 0.3) is 0 Å². The number of rotatable bonds is 1. The summed E-state index contributed by atoms with van der Waals surface area (Å²) in [5.74, 6) is 0. The lowest BCUT2D eigenvalue weighted by Gasteiger charge is -2.11. The first-order valence-corrected chi connectivity index (χ1v) is 3.07. The molecular weight excluding hydrogens is 100 g/mol. The second kappa shape index (κ2) is 1.88. The molecule has 1 rings (SSSR count). The van der Waals surface area contributed by atoms with E-state index >= 15 is 0 Å². The fourth-order valence-electron chi connectivity index (χ4n) is 1.12. The van der Waals surface area contributed by atoms with Crippen molar-refractivity contribution in [3.05, 3.63) is 6.42 Å². The average molecular weight is 111 g/mol. The smallest absolute Gasteiger partial charge is 0.126 e. The van der Waals surface area contributed by atoms with Gasteiger partial charge >= 0.3 is 0 Å². The van der Waals surface area contributed by atoms with Gasteiger partial charge in [0, 0.05) is 5.41 Å². The second-order valence-corrected chi connectivity index (χ2v) is 2.72. The maximum Gasteiger partial charge on any atom is 0.126 e. The van der Waals surface area contributed by atoms with Gasteiger partial charge in [0.2, 0.25) is 0 Å². The minimum Gasteiger partial charge on any atom is -0.303 e. The lowest BCUT2D eigenvalue weighted by molar-refractivity contribution is -0.113. The molecule has 0 aromatic heterocycles. The van der Waals surface area contributed by atoms with Gasteiger partial charge in [-0.1, -0.05) is 13.3 Å². The highest BCUT2D eigenvalue weighted by Crippen LogP contribution is 2.33. The predicted molar refractivity (Wildman–Crippen MR) is 32.3 cm³/mol. The summed E-state index contributed by atoms with van der Waals surface area (Å²) in [5.41, 5.74) is -0.0694. The van der Waals surface area contributed by atoms with Gasteiger partial charge in [0.15, 0.2) is 0 Å². The zero-order valence-electron chi connectivity index (χ0n) is 5.18. The van der Waals surface area contributed by atoms with E-state index in [1.807, 2.05) is 6.92 Å². The first kappa shape index (κ1) is 5.80. The molecule has 1 heteroatoms. The molecule has 0 N–H and O–H groups in total. The number of hydrogen-bond donors (Lipinski definition) is 0. The van der Waals surface area contributed by atoms with Crippen molar-refractivity contribution in [2.45, 2.75) is 26.2 Å². The molecule has 1 saturated carbocycles. The van der Waals surface area contributed by atoms with Crippen LogP contribution in [0.3, 0.4) is 0 Å². The van der Waals surface area contributed by atoms with Crippen molar-refractivity contribution in [1.29, 1.82) is 0 Å². The van der Waals surface area contributed by atoms with Gasteiger partial charge in [0.1, 0.15) is 6.29 Å². The molecule has 1 aliphatic rings. The van der Waals surface area contributed by atoms with E-state index in [0.29, 0.717) is 0 Å². The van der Waals surface area contributed by atoms with E-state index in [1.54, 1.807) is 0 Å². The van der Waals surface area contributed by atoms with Crippen LogP contribution in [0.15, 0.2) is 0 Å². The van der Waals surface area contributed by atoms with E-state index < -0.39 is 0 Å². The normalized spacial score (nSPS) is 25.6. The van der Waals surface area contributed by atoms with Crippen LogP contribution in [0, 0.1) is 11.8 Å². The van der Waals surface area contributed by atoms with Crippen LogP contribution >= 0.6 is 0 Å². The molecule has 0 aromatic carbocycles. The van der Waals surface area contributed by atoms with E-state index in [1.165, 1.54) is 6.42 Å². The predicted octanol–water partition coefficient (Wildman–Crippen LogP) is 1.58. The zero-order chi connectivity index (χ0) is 6.04. The monoisotopic (exact) mass is 111 g/mol. The third kappa shape index (κ3) is 0.908. The minimum atomic E-state index is -0.0694. The number of carbonyl (C=O) groups is 1. The summed E-state index contributed by atoms with van der Waals surface area (Å²) in [6.45, 7) is 1.99. The Morgan fingerprint density at radius 2 is 2.50 bits per heavy atom. The summed E-state index contributed by atoms with van der Waals surface area (Å²) in [6.07, 6.45) is 6.53. The quantitative estimate of drug-likeness (QED) is 0.469. The van der Waals surface area contributed by atoms with Crippen molar-refractivity contribution >= 4 is 6.29 Å². The Hall–Kier alpha value is -0.330. The number of carbonyl (C=O) groups excluding carboxylic acids is 1. The Balaban J connectivity index is 2.52. The molecule has 1 fully saturated rings. The molecular formula is C7H11O. The summed E-state index contributed by atoms with van der Waals surface area (Å²) < 4.78 is 0. The van der Waals surface area contributed by atoms with E-state index in [2.05, 4.69) is 6.42 Å². The molecule has 0 saturated heterocycles. The Kier molecular flexibility index (Phi) is 1.37. The summed E-state index contributed by atoms with van der Waals surface area (Å²) in [7, 11) is 0. The van der Waals surface area contributed by atoms with Crippen LogP contribution in [0.5, 0.6) is 0 Å². The van der Waals surface area contributed by atoms with Crippen LogP contribution < -0.4 is 0 Å². The van der Waals surface area contributed by atoms with Crippen molar-refractivity contribution in [1.82, 2.24) is 0 Å². The van der Waals surface area contributed by atoms with Crippen molar-refractivity contribution in [2.75, 3.05) is 0 Å². The Morgan fingerprint density at radius 1 is 1.75 bits per heavy atom. The fourth-order valence-corrected chi connectivity index (χ4v) is 1.12. The van der Waals surface area contributed by atoms with Gasteiger partial charge in [0.05, 0.1) is 0 Å². The van der Waals surface area contributed by atoms with Crippen molar-refractivity contribution in [3.8, 4) is 0 Å². The second-order valence-electron chi connectivity index (χ2n) is 2.72. The highest BCUT2D eigenvalue weighted by atomic mass is 16.1.